The van der Waals surface area contributed by atoms with Crippen molar-refractivity contribution in [2.45, 2.75) is 12.8 Å². The Labute approximate surface area is 175 Å². The number of carbonyl (C=O) groups is 1. The van der Waals surface area contributed by atoms with E-state index < -0.39 is 5.97 Å². The van der Waals surface area contributed by atoms with Crippen LogP contribution in [0.3, 0.4) is 0 Å². The first-order chi connectivity index (χ1) is 14.7. The second-order valence-electron chi connectivity index (χ2n) is 7.54. The fraction of sp³-hybridized carbons (Fsp3) is 0.240. The Hall–Kier alpha value is -3.47. The Kier molecular flexibility index (Phi) is 4.79. The molecule has 0 saturated carbocycles. The van der Waals surface area contributed by atoms with Crippen LogP contribution in [0.15, 0.2) is 54.6 Å². The lowest BCUT2D eigenvalue weighted by atomic mass is 9.97. The number of esters is 1. The van der Waals surface area contributed by atoms with Crippen LogP contribution in [0.1, 0.15) is 28.8 Å². The topological polar surface area (TPSA) is 48.0 Å². The Bertz CT molecular complexity index is 1130. The van der Waals surface area contributed by atoms with Gasteiger partial charge in [-0.25, -0.2) is 4.79 Å². The smallest absolute Gasteiger partial charge is 0.344 e. The fourth-order valence-corrected chi connectivity index (χ4v) is 4.13. The summed E-state index contributed by atoms with van der Waals surface area (Å²) in [5, 5.41) is 1.99. The zero-order valence-electron chi connectivity index (χ0n) is 16.9. The van der Waals surface area contributed by atoms with Crippen molar-refractivity contribution in [2.75, 3.05) is 31.7 Å². The molecule has 0 aliphatic carbocycles. The van der Waals surface area contributed by atoms with Crippen molar-refractivity contribution in [2.24, 2.45) is 0 Å². The molecule has 2 heterocycles. The van der Waals surface area contributed by atoms with Gasteiger partial charge in [0.15, 0.2) is 0 Å². The molecule has 0 atom stereocenters. The molecule has 0 aromatic heterocycles. The summed E-state index contributed by atoms with van der Waals surface area (Å²) in [5.74, 6) is 1.53. The molecule has 152 valence electrons. The van der Waals surface area contributed by atoms with Crippen molar-refractivity contribution in [3.8, 4) is 17.2 Å². The Morgan fingerprint density at radius 1 is 1.00 bits per heavy atom. The zero-order chi connectivity index (χ0) is 20.5. The largest absolute Gasteiger partial charge is 0.497 e. The van der Waals surface area contributed by atoms with Crippen LogP contribution < -0.4 is 19.1 Å². The van der Waals surface area contributed by atoms with E-state index in [0.29, 0.717) is 23.7 Å². The van der Waals surface area contributed by atoms with E-state index in [-0.39, 0.29) is 0 Å². The molecule has 5 rings (SSSR count). The van der Waals surface area contributed by atoms with Gasteiger partial charge in [0.2, 0.25) is 0 Å². The van der Waals surface area contributed by atoms with Gasteiger partial charge in [-0.15, -0.1) is 0 Å². The van der Waals surface area contributed by atoms with Gasteiger partial charge in [0.05, 0.1) is 12.7 Å². The first-order valence-electron chi connectivity index (χ1n) is 10.2. The molecule has 0 unspecified atom stereocenters. The summed E-state index contributed by atoms with van der Waals surface area (Å²) < 4.78 is 16.8. The summed E-state index contributed by atoms with van der Waals surface area (Å²) in [4.78, 5) is 15.4. The lowest BCUT2D eigenvalue weighted by Gasteiger charge is -2.21. The minimum absolute atomic E-state index is 0.405. The van der Waals surface area contributed by atoms with Crippen molar-refractivity contribution in [1.82, 2.24) is 0 Å². The first-order valence-corrected chi connectivity index (χ1v) is 10.2. The maximum atomic E-state index is 13.0. The molecular formula is C25H23NO4. The van der Waals surface area contributed by atoms with Crippen LogP contribution in [-0.2, 0) is 0 Å². The fourth-order valence-electron chi connectivity index (χ4n) is 4.13. The molecule has 2 aliphatic rings. The summed E-state index contributed by atoms with van der Waals surface area (Å²) >= 11 is 0. The molecule has 0 bridgehead atoms. The Morgan fingerprint density at radius 2 is 1.77 bits per heavy atom. The van der Waals surface area contributed by atoms with Gasteiger partial charge in [0.1, 0.15) is 23.9 Å². The molecule has 0 amide bonds. The molecule has 0 spiro atoms. The lowest BCUT2D eigenvalue weighted by Crippen LogP contribution is -2.17. The number of carbonyl (C=O) groups excluding carboxylic acids is 1. The van der Waals surface area contributed by atoms with Crippen LogP contribution in [0, 0.1) is 0 Å². The van der Waals surface area contributed by atoms with E-state index in [2.05, 4.69) is 23.1 Å². The third kappa shape index (κ3) is 3.36. The van der Waals surface area contributed by atoms with Gasteiger partial charge in [-0.05, 0) is 66.8 Å². The number of hydrogen-bond donors (Lipinski definition) is 0. The van der Waals surface area contributed by atoms with E-state index in [4.69, 9.17) is 14.2 Å². The number of hydrogen-bond acceptors (Lipinski definition) is 5. The predicted molar refractivity (Wildman–Crippen MR) is 118 cm³/mol. The van der Waals surface area contributed by atoms with E-state index >= 15 is 0 Å². The number of benzene rings is 3. The van der Waals surface area contributed by atoms with Gasteiger partial charge in [-0.1, -0.05) is 12.1 Å². The van der Waals surface area contributed by atoms with Gasteiger partial charge >= 0.3 is 5.97 Å². The Morgan fingerprint density at radius 3 is 2.53 bits per heavy atom. The highest BCUT2D eigenvalue weighted by molar-refractivity contribution is 6.05. The maximum Gasteiger partial charge on any atom is 0.344 e. The van der Waals surface area contributed by atoms with E-state index in [9.17, 15) is 4.79 Å². The normalized spacial score (nSPS) is 15.0. The van der Waals surface area contributed by atoms with Gasteiger partial charge < -0.3 is 19.1 Å². The average Bonchev–Trinajstić information content (AvgIpc) is 3.34. The second-order valence-corrected chi connectivity index (χ2v) is 7.54. The molecule has 3 aromatic carbocycles. The standard InChI is InChI=1S/C25H23NO4/c1-28-19-8-10-20(11-9-19)30-25(27)23-15-17-6-7-18(26-12-2-3-13-26)16-22(17)24-21(23)5-4-14-29-24/h4-11,15-16H,2-3,12-14H2,1H3. The number of anilines is 1. The minimum atomic E-state index is -0.405. The highest BCUT2D eigenvalue weighted by atomic mass is 16.5. The van der Waals surface area contributed by atoms with Crippen LogP contribution in [-0.4, -0.2) is 32.8 Å². The molecule has 1 fully saturated rings. The highest BCUT2D eigenvalue weighted by Gasteiger charge is 2.22. The van der Waals surface area contributed by atoms with Crippen molar-refractivity contribution < 1.29 is 19.0 Å². The summed E-state index contributed by atoms with van der Waals surface area (Å²) in [6, 6.07) is 15.2. The number of ether oxygens (including phenoxy) is 3. The maximum absolute atomic E-state index is 13.0. The third-order valence-electron chi connectivity index (χ3n) is 5.69. The molecule has 1 saturated heterocycles. The molecule has 3 aromatic rings. The van der Waals surface area contributed by atoms with Crippen LogP contribution in [0.4, 0.5) is 5.69 Å². The van der Waals surface area contributed by atoms with Crippen molar-refractivity contribution >= 4 is 28.5 Å². The van der Waals surface area contributed by atoms with Crippen LogP contribution in [0.2, 0.25) is 0 Å². The second kappa shape index (κ2) is 7.75. The number of rotatable bonds is 4. The predicted octanol–water partition coefficient (Wildman–Crippen LogP) is 5.07. The van der Waals surface area contributed by atoms with Gasteiger partial charge in [-0.2, -0.15) is 0 Å². The van der Waals surface area contributed by atoms with E-state index in [1.807, 2.05) is 18.2 Å². The van der Waals surface area contributed by atoms with Crippen LogP contribution in [0.25, 0.3) is 16.8 Å². The van der Waals surface area contributed by atoms with E-state index in [1.165, 1.54) is 18.5 Å². The number of fused-ring (bicyclic) bond motifs is 3. The van der Waals surface area contributed by atoms with E-state index in [0.717, 1.165) is 35.2 Å². The summed E-state index contributed by atoms with van der Waals surface area (Å²) in [6.45, 7) is 2.66. The number of nitrogens with zero attached hydrogens (tertiary/aromatic N) is 1. The lowest BCUT2D eigenvalue weighted by molar-refractivity contribution is 0.0734. The average molecular weight is 401 g/mol. The van der Waals surface area contributed by atoms with Gasteiger partial charge in [-0.3, -0.25) is 0 Å². The molecule has 5 heteroatoms. The molecule has 0 radical (unpaired) electrons. The highest BCUT2D eigenvalue weighted by Crippen LogP contribution is 2.38. The summed E-state index contributed by atoms with van der Waals surface area (Å²) in [6.07, 6.45) is 6.32. The van der Waals surface area contributed by atoms with Crippen molar-refractivity contribution in [1.29, 1.82) is 0 Å². The molecule has 0 N–H and O–H groups in total. The summed E-state index contributed by atoms with van der Waals surface area (Å²) in [5.41, 5.74) is 2.47. The van der Waals surface area contributed by atoms with Crippen LogP contribution in [0.5, 0.6) is 17.2 Å². The molecule has 2 aliphatic heterocycles. The van der Waals surface area contributed by atoms with E-state index in [1.54, 1.807) is 31.4 Å². The van der Waals surface area contributed by atoms with Crippen molar-refractivity contribution in [3.63, 3.8) is 0 Å². The monoisotopic (exact) mass is 401 g/mol. The zero-order valence-corrected chi connectivity index (χ0v) is 16.9. The van der Waals surface area contributed by atoms with Gasteiger partial charge in [0.25, 0.3) is 0 Å². The Balaban J connectivity index is 1.54. The quantitative estimate of drug-likeness (QED) is 0.451. The summed E-state index contributed by atoms with van der Waals surface area (Å²) in [7, 11) is 1.60. The van der Waals surface area contributed by atoms with Gasteiger partial charge in [0, 0.05) is 29.7 Å². The molecular weight excluding hydrogens is 378 g/mol. The third-order valence-corrected chi connectivity index (χ3v) is 5.69. The molecule has 5 nitrogen and oxygen atoms in total. The number of methoxy groups -OCH3 is 1. The molecule has 30 heavy (non-hydrogen) atoms. The first kappa shape index (κ1) is 18.6. The van der Waals surface area contributed by atoms with Crippen molar-refractivity contribution in [3.05, 3.63) is 65.7 Å². The minimum Gasteiger partial charge on any atom is -0.497 e. The SMILES string of the molecule is COc1ccc(OC(=O)c2cc3ccc(N4CCCC4)cc3c3c2C=CCO3)cc1. The van der Waals surface area contributed by atoms with Crippen LogP contribution >= 0.6 is 0 Å².